The molecule has 16 heavy (non-hydrogen) atoms. The Morgan fingerprint density at radius 2 is 1.75 bits per heavy atom. The van der Waals surface area contributed by atoms with Gasteiger partial charge >= 0.3 is 16.2 Å². The van der Waals surface area contributed by atoms with Crippen molar-refractivity contribution in [1.82, 2.24) is 0 Å². The number of carboxylic acids is 1. The predicted octanol–water partition coefficient (Wildman–Crippen LogP) is 3.97. The molecular formula is C8H7F5O2S. The molecule has 1 rings (SSSR count). The summed E-state index contributed by atoms with van der Waals surface area (Å²) >= 11 is 0. The Bertz CT molecular complexity index is 438. The first kappa shape index (κ1) is 12.8. The highest BCUT2D eigenvalue weighted by molar-refractivity contribution is 8.45. The second-order valence-electron chi connectivity index (χ2n) is 3.19. The van der Waals surface area contributed by atoms with Crippen LogP contribution in [0.5, 0.6) is 0 Å². The average Bonchev–Trinajstić information content (AvgIpc) is 1.99. The molecule has 0 bridgehead atoms. The van der Waals surface area contributed by atoms with Gasteiger partial charge in [-0.3, -0.25) is 4.79 Å². The van der Waals surface area contributed by atoms with E-state index < -0.39 is 27.5 Å². The van der Waals surface area contributed by atoms with E-state index in [1.165, 1.54) is 0 Å². The number of hydrogen-bond donors (Lipinski definition) is 1. The van der Waals surface area contributed by atoms with Crippen LogP contribution in [-0.2, 0) is 11.2 Å². The number of carboxylic acid groups (broad SMARTS) is 1. The third-order valence-corrected chi connectivity index (χ3v) is 2.84. The molecule has 0 aliphatic rings. The highest BCUT2D eigenvalue weighted by Gasteiger charge is 2.65. The Kier molecular flexibility index (Phi) is 2.29. The molecule has 1 N–H and O–H groups in total. The van der Waals surface area contributed by atoms with Crippen molar-refractivity contribution in [3.8, 4) is 0 Å². The van der Waals surface area contributed by atoms with Crippen molar-refractivity contribution < 1.29 is 29.3 Å². The van der Waals surface area contributed by atoms with E-state index in [1.54, 1.807) is 0 Å². The first-order valence-corrected chi connectivity index (χ1v) is 5.88. The Morgan fingerprint density at radius 3 is 2.19 bits per heavy atom. The first-order valence-electron chi connectivity index (χ1n) is 3.93. The van der Waals surface area contributed by atoms with Crippen molar-refractivity contribution in [2.45, 2.75) is 11.3 Å². The van der Waals surface area contributed by atoms with Gasteiger partial charge in [0.25, 0.3) is 0 Å². The van der Waals surface area contributed by atoms with Crippen molar-refractivity contribution in [3.63, 3.8) is 0 Å². The smallest absolute Gasteiger partial charge is 0.310 e. The highest BCUT2D eigenvalue weighted by Crippen LogP contribution is 3.02. The lowest BCUT2D eigenvalue weighted by atomic mass is 10.2. The Labute approximate surface area is 87.4 Å². The third kappa shape index (κ3) is 3.37. The maximum atomic E-state index is 12.3. The lowest BCUT2D eigenvalue weighted by Crippen LogP contribution is -2.07. The second-order valence-corrected chi connectivity index (χ2v) is 5.60. The van der Waals surface area contributed by atoms with Crippen molar-refractivity contribution in [1.29, 1.82) is 0 Å². The summed E-state index contributed by atoms with van der Waals surface area (Å²) in [6.45, 7) is 0. The number of halogens is 5. The zero-order valence-electron chi connectivity index (χ0n) is 7.67. The number of benzene rings is 1. The molecule has 1 aromatic carbocycles. The van der Waals surface area contributed by atoms with Gasteiger partial charge in [-0.25, -0.2) is 0 Å². The topological polar surface area (TPSA) is 37.3 Å². The van der Waals surface area contributed by atoms with Gasteiger partial charge in [-0.15, -0.1) is 0 Å². The maximum absolute atomic E-state index is 12.3. The Balaban J connectivity index is 3.25. The highest BCUT2D eigenvalue weighted by atomic mass is 32.5. The standard InChI is InChI=1S/C8H7F5O2S/c9-16(10,11,12,13)7-3-1-2-6(4-7)5-8(14)15/h1-4H,5H2,(H,14,15). The summed E-state index contributed by atoms with van der Waals surface area (Å²) in [5.74, 6) is -1.39. The van der Waals surface area contributed by atoms with E-state index in [0.717, 1.165) is 12.1 Å². The van der Waals surface area contributed by atoms with Gasteiger partial charge in [0.1, 0.15) is 4.90 Å². The molecule has 2 nitrogen and oxygen atoms in total. The summed E-state index contributed by atoms with van der Waals surface area (Å²) in [6, 6.07) is 2.19. The van der Waals surface area contributed by atoms with Crippen molar-refractivity contribution in [3.05, 3.63) is 29.8 Å². The molecule has 0 saturated heterocycles. The zero-order chi connectivity index (χ0) is 12.7. The normalized spacial score (nSPS) is 16.3. The van der Waals surface area contributed by atoms with Crippen LogP contribution in [0, 0.1) is 0 Å². The van der Waals surface area contributed by atoms with E-state index in [0.29, 0.717) is 0 Å². The van der Waals surface area contributed by atoms with Crippen LogP contribution < -0.4 is 0 Å². The SMILES string of the molecule is O=C(O)Cc1cccc(S(F)(F)(F)(F)F)c1. The molecule has 0 heterocycles. The molecule has 92 valence electrons. The molecule has 0 unspecified atom stereocenters. The van der Waals surface area contributed by atoms with E-state index in [-0.39, 0.29) is 17.7 Å². The predicted molar refractivity (Wildman–Crippen MR) is 49.2 cm³/mol. The van der Waals surface area contributed by atoms with Gasteiger partial charge in [-0.05, 0) is 17.7 Å². The van der Waals surface area contributed by atoms with Gasteiger partial charge < -0.3 is 5.11 Å². The minimum Gasteiger partial charge on any atom is -0.481 e. The van der Waals surface area contributed by atoms with Crippen LogP contribution in [0.2, 0.25) is 0 Å². The number of rotatable bonds is 3. The minimum absolute atomic E-state index is 0.162. The average molecular weight is 262 g/mol. The monoisotopic (exact) mass is 262 g/mol. The summed E-state index contributed by atoms with van der Waals surface area (Å²) in [4.78, 5) is 8.16. The van der Waals surface area contributed by atoms with E-state index in [4.69, 9.17) is 5.11 Å². The van der Waals surface area contributed by atoms with Crippen molar-refractivity contribution in [2.24, 2.45) is 0 Å². The molecule has 0 radical (unpaired) electrons. The largest absolute Gasteiger partial charge is 0.481 e. The number of carbonyl (C=O) groups is 1. The van der Waals surface area contributed by atoms with Gasteiger partial charge in [0.05, 0.1) is 6.42 Å². The molecule has 0 atom stereocenters. The number of aliphatic carboxylic acids is 1. The fourth-order valence-electron chi connectivity index (χ4n) is 1.07. The molecule has 0 aromatic heterocycles. The summed E-state index contributed by atoms with van der Waals surface area (Å²) in [5, 5.41) is 8.33. The molecular weight excluding hydrogens is 255 g/mol. The summed E-state index contributed by atoms with van der Waals surface area (Å²) in [7, 11) is -9.71. The van der Waals surface area contributed by atoms with Gasteiger partial charge in [0.2, 0.25) is 0 Å². The van der Waals surface area contributed by atoms with Crippen molar-refractivity contribution >= 4 is 16.2 Å². The minimum atomic E-state index is -9.71. The molecule has 1 aromatic rings. The Hall–Kier alpha value is -1.31. The van der Waals surface area contributed by atoms with Gasteiger partial charge in [0, 0.05) is 0 Å². The van der Waals surface area contributed by atoms with E-state index in [1.807, 2.05) is 0 Å². The van der Waals surface area contributed by atoms with E-state index >= 15 is 0 Å². The fourth-order valence-corrected chi connectivity index (χ4v) is 1.78. The molecule has 0 spiro atoms. The van der Waals surface area contributed by atoms with Crippen LogP contribution in [0.3, 0.4) is 0 Å². The van der Waals surface area contributed by atoms with Crippen LogP contribution in [0.25, 0.3) is 0 Å². The lowest BCUT2D eigenvalue weighted by molar-refractivity contribution is -0.136. The molecule has 0 aliphatic carbocycles. The fraction of sp³-hybridized carbons (Fsp3) is 0.125. The molecule has 8 heteroatoms. The summed E-state index contributed by atoms with van der Waals surface area (Å²) in [5.41, 5.74) is -0.321. The van der Waals surface area contributed by atoms with Gasteiger partial charge in [0.15, 0.2) is 0 Å². The lowest BCUT2D eigenvalue weighted by Gasteiger charge is -2.40. The molecule has 0 saturated carbocycles. The Morgan fingerprint density at radius 1 is 1.19 bits per heavy atom. The summed E-state index contributed by atoms with van der Waals surface area (Å²) < 4.78 is 61.6. The second kappa shape index (κ2) is 2.88. The van der Waals surface area contributed by atoms with Crippen LogP contribution in [0.4, 0.5) is 19.4 Å². The quantitative estimate of drug-likeness (QED) is 0.837. The maximum Gasteiger partial charge on any atom is 0.310 e. The van der Waals surface area contributed by atoms with Crippen molar-refractivity contribution in [2.75, 3.05) is 0 Å². The summed E-state index contributed by atoms with van der Waals surface area (Å²) in [6.07, 6.45) is -0.734. The van der Waals surface area contributed by atoms with Crippen LogP contribution in [-0.4, -0.2) is 11.1 Å². The number of hydrogen-bond acceptors (Lipinski definition) is 1. The van der Waals surface area contributed by atoms with Crippen LogP contribution in [0.15, 0.2) is 29.2 Å². The van der Waals surface area contributed by atoms with Crippen LogP contribution >= 0.6 is 10.2 Å². The molecule has 0 amide bonds. The van der Waals surface area contributed by atoms with E-state index in [9.17, 15) is 24.2 Å². The molecule has 0 aliphatic heterocycles. The zero-order valence-corrected chi connectivity index (χ0v) is 8.49. The molecule has 0 fully saturated rings. The van der Waals surface area contributed by atoms with Gasteiger partial charge in [-0.2, -0.15) is 0 Å². The third-order valence-electron chi connectivity index (χ3n) is 1.70. The van der Waals surface area contributed by atoms with Crippen LogP contribution in [0.1, 0.15) is 5.56 Å². The first-order chi connectivity index (χ1) is 6.88. The van der Waals surface area contributed by atoms with E-state index in [2.05, 4.69) is 0 Å². The van der Waals surface area contributed by atoms with Gasteiger partial charge in [-0.1, -0.05) is 31.6 Å².